The molecular formula is C20H17NO4. The van der Waals surface area contributed by atoms with Crippen LogP contribution in [-0.2, 0) is 4.79 Å². The summed E-state index contributed by atoms with van der Waals surface area (Å²) in [6.07, 6.45) is -1.74. The highest BCUT2D eigenvalue weighted by molar-refractivity contribution is 5.99. The zero-order valence-electron chi connectivity index (χ0n) is 13.3. The molecule has 3 N–H and O–H groups in total. The summed E-state index contributed by atoms with van der Waals surface area (Å²) in [5, 5.41) is 23.7. The van der Waals surface area contributed by atoms with Crippen LogP contribution >= 0.6 is 0 Å². The molecule has 0 saturated heterocycles. The summed E-state index contributed by atoms with van der Waals surface area (Å²) in [5.41, 5.74) is 0.920. The number of carbonyl (C=O) groups excluding carboxylic acids is 1. The first kappa shape index (κ1) is 16.7. The maximum atomic E-state index is 12.6. The van der Waals surface area contributed by atoms with Gasteiger partial charge in [0.15, 0.2) is 6.10 Å². The predicted octanol–water partition coefficient (Wildman–Crippen LogP) is 2.76. The van der Waals surface area contributed by atoms with E-state index in [1.54, 1.807) is 42.5 Å². The molecule has 0 heterocycles. The number of rotatable bonds is 5. The van der Waals surface area contributed by atoms with Crippen molar-refractivity contribution in [3.05, 3.63) is 83.9 Å². The Labute approximate surface area is 144 Å². The molecule has 1 amide bonds. The number of fused-ring (bicyclic) bond motifs is 1. The van der Waals surface area contributed by atoms with Crippen LogP contribution in [0.25, 0.3) is 10.8 Å². The van der Waals surface area contributed by atoms with Crippen LogP contribution in [0.15, 0.2) is 72.8 Å². The molecule has 3 aromatic carbocycles. The minimum atomic E-state index is -1.74. The van der Waals surface area contributed by atoms with Crippen LogP contribution in [0, 0.1) is 0 Å². The lowest BCUT2D eigenvalue weighted by molar-refractivity contribution is -0.148. The van der Waals surface area contributed by atoms with E-state index < -0.39 is 24.0 Å². The van der Waals surface area contributed by atoms with Gasteiger partial charge in [0.25, 0.3) is 5.91 Å². The van der Waals surface area contributed by atoms with Crippen molar-refractivity contribution in [2.45, 2.75) is 12.1 Å². The fourth-order valence-corrected chi connectivity index (χ4v) is 2.70. The van der Waals surface area contributed by atoms with Gasteiger partial charge in [-0.3, -0.25) is 4.79 Å². The average molecular weight is 335 g/mol. The highest BCUT2D eigenvalue weighted by Crippen LogP contribution is 2.20. The fourth-order valence-electron chi connectivity index (χ4n) is 2.70. The minimum absolute atomic E-state index is 0.400. The molecule has 0 aliphatic carbocycles. The molecule has 2 atom stereocenters. The van der Waals surface area contributed by atoms with E-state index in [-0.39, 0.29) is 0 Å². The van der Waals surface area contributed by atoms with Crippen molar-refractivity contribution < 1.29 is 19.8 Å². The normalized spacial score (nSPS) is 13.2. The lowest BCUT2D eigenvalue weighted by Crippen LogP contribution is -2.40. The number of aliphatic carboxylic acids is 1. The number of carboxylic acid groups (broad SMARTS) is 1. The molecule has 0 fully saturated rings. The maximum Gasteiger partial charge on any atom is 0.335 e. The fraction of sp³-hybridized carbons (Fsp3) is 0.100. The van der Waals surface area contributed by atoms with E-state index >= 15 is 0 Å². The molecule has 3 rings (SSSR count). The molecule has 126 valence electrons. The third kappa shape index (κ3) is 3.67. The molecule has 2 unspecified atom stereocenters. The number of aliphatic hydroxyl groups excluding tert-OH is 1. The van der Waals surface area contributed by atoms with Gasteiger partial charge in [0.1, 0.15) is 0 Å². The van der Waals surface area contributed by atoms with Crippen LogP contribution in [0.5, 0.6) is 0 Å². The van der Waals surface area contributed by atoms with Crippen molar-refractivity contribution in [2.24, 2.45) is 0 Å². The number of carboxylic acids is 1. The molecule has 0 saturated carbocycles. The van der Waals surface area contributed by atoms with E-state index in [0.29, 0.717) is 11.1 Å². The number of hydrogen-bond donors (Lipinski definition) is 3. The molecule has 0 aliphatic heterocycles. The Kier molecular flexibility index (Phi) is 4.77. The SMILES string of the molecule is O=C(NC(c1ccccc1)C(O)C(=O)O)c1ccc2ccccc2c1. The highest BCUT2D eigenvalue weighted by atomic mass is 16.4. The number of nitrogens with one attached hydrogen (secondary N) is 1. The summed E-state index contributed by atoms with van der Waals surface area (Å²) in [7, 11) is 0. The maximum absolute atomic E-state index is 12.6. The lowest BCUT2D eigenvalue weighted by atomic mass is 10.0. The smallest absolute Gasteiger partial charge is 0.335 e. The van der Waals surface area contributed by atoms with E-state index in [4.69, 9.17) is 5.11 Å². The van der Waals surface area contributed by atoms with E-state index in [1.165, 1.54) is 0 Å². The second-order valence-corrected chi connectivity index (χ2v) is 5.71. The summed E-state index contributed by atoms with van der Waals surface area (Å²) in [6, 6.07) is 20.4. The van der Waals surface area contributed by atoms with E-state index in [1.807, 2.05) is 30.3 Å². The van der Waals surface area contributed by atoms with Crippen LogP contribution in [0.2, 0.25) is 0 Å². The van der Waals surface area contributed by atoms with Gasteiger partial charge in [-0.1, -0.05) is 60.7 Å². The molecule has 0 bridgehead atoms. The molecule has 5 nitrogen and oxygen atoms in total. The Morgan fingerprint density at radius 1 is 0.840 bits per heavy atom. The van der Waals surface area contributed by atoms with E-state index in [2.05, 4.69) is 5.32 Å². The van der Waals surface area contributed by atoms with Gasteiger partial charge < -0.3 is 15.5 Å². The van der Waals surface area contributed by atoms with Crippen LogP contribution in [0.3, 0.4) is 0 Å². The topological polar surface area (TPSA) is 86.6 Å². The summed E-state index contributed by atoms with van der Waals surface area (Å²) in [5.74, 6) is -1.84. The lowest BCUT2D eigenvalue weighted by Gasteiger charge is -2.22. The Hall–Kier alpha value is -3.18. The molecule has 0 aliphatic rings. The number of hydrogen-bond acceptors (Lipinski definition) is 3. The van der Waals surface area contributed by atoms with E-state index in [0.717, 1.165) is 10.8 Å². The van der Waals surface area contributed by atoms with Gasteiger partial charge in [-0.25, -0.2) is 4.79 Å². The largest absolute Gasteiger partial charge is 0.479 e. The van der Waals surface area contributed by atoms with Gasteiger partial charge in [-0.2, -0.15) is 0 Å². The second kappa shape index (κ2) is 7.15. The van der Waals surface area contributed by atoms with Gasteiger partial charge in [-0.15, -0.1) is 0 Å². The zero-order valence-corrected chi connectivity index (χ0v) is 13.3. The zero-order chi connectivity index (χ0) is 17.8. The molecular weight excluding hydrogens is 318 g/mol. The third-order valence-electron chi connectivity index (χ3n) is 4.03. The first-order chi connectivity index (χ1) is 12.1. The monoisotopic (exact) mass is 335 g/mol. The van der Waals surface area contributed by atoms with Gasteiger partial charge in [-0.05, 0) is 28.5 Å². The van der Waals surface area contributed by atoms with Gasteiger partial charge in [0.05, 0.1) is 6.04 Å². The van der Waals surface area contributed by atoms with Crippen molar-refractivity contribution in [1.82, 2.24) is 5.32 Å². The van der Waals surface area contributed by atoms with Crippen LogP contribution < -0.4 is 5.32 Å². The van der Waals surface area contributed by atoms with Crippen LogP contribution in [0.4, 0.5) is 0 Å². The third-order valence-corrected chi connectivity index (χ3v) is 4.03. The highest BCUT2D eigenvalue weighted by Gasteiger charge is 2.29. The van der Waals surface area contributed by atoms with Gasteiger partial charge in [0.2, 0.25) is 0 Å². The first-order valence-corrected chi connectivity index (χ1v) is 7.82. The summed E-state index contributed by atoms with van der Waals surface area (Å²) in [6.45, 7) is 0. The van der Waals surface area contributed by atoms with Gasteiger partial charge >= 0.3 is 5.97 Å². The number of carbonyl (C=O) groups is 2. The Morgan fingerprint density at radius 3 is 2.16 bits per heavy atom. The van der Waals surface area contributed by atoms with Crippen LogP contribution in [0.1, 0.15) is 22.0 Å². The molecule has 0 spiro atoms. The van der Waals surface area contributed by atoms with Crippen molar-refractivity contribution in [3.63, 3.8) is 0 Å². The van der Waals surface area contributed by atoms with Crippen molar-refractivity contribution >= 4 is 22.6 Å². The quantitative estimate of drug-likeness (QED) is 0.669. The standard InChI is InChI=1S/C20H17NO4/c22-18(20(24)25)17(14-7-2-1-3-8-14)21-19(23)16-11-10-13-6-4-5-9-15(13)12-16/h1-12,17-18,22H,(H,21,23)(H,24,25). The molecule has 0 radical (unpaired) electrons. The average Bonchev–Trinajstić information content (AvgIpc) is 2.65. The van der Waals surface area contributed by atoms with Crippen molar-refractivity contribution in [1.29, 1.82) is 0 Å². The van der Waals surface area contributed by atoms with Crippen molar-refractivity contribution in [2.75, 3.05) is 0 Å². The minimum Gasteiger partial charge on any atom is -0.479 e. The first-order valence-electron chi connectivity index (χ1n) is 7.82. The Balaban J connectivity index is 1.89. The molecule has 5 heteroatoms. The summed E-state index contributed by atoms with van der Waals surface area (Å²) < 4.78 is 0. The molecule has 0 aromatic heterocycles. The molecule has 3 aromatic rings. The Morgan fingerprint density at radius 2 is 1.48 bits per heavy atom. The second-order valence-electron chi connectivity index (χ2n) is 5.71. The van der Waals surface area contributed by atoms with Crippen LogP contribution in [-0.4, -0.2) is 28.2 Å². The predicted molar refractivity (Wildman–Crippen MR) is 94.2 cm³/mol. The Bertz CT molecular complexity index is 908. The number of benzene rings is 3. The summed E-state index contributed by atoms with van der Waals surface area (Å²) >= 11 is 0. The van der Waals surface area contributed by atoms with E-state index in [9.17, 15) is 14.7 Å². The summed E-state index contributed by atoms with van der Waals surface area (Å²) in [4.78, 5) is 23.8. The molecule has 25 heavy (non-hydrogen) atoms. The number of amides is 1. The van der Waals surface area contributed by atoms with Gasteiger partial charge in [0, 0.05) is 5.56 Å². The van der Waals surface area contributed by atoms with Crippen molar-refractivity contribution in [3.8, 4) is 0 Å². The number of aliphatic hydroxyl groups is 1.